The van der Waals surface area contributed by atoms with Crippen LogP contribution in [0.1, 0.15) is 24.0 Å². The van der Waals surface area contributed by atoms with E-state index in [0.717, 1.165) is 31.2 Å². The fraction of sp³-hybridized carbons (Fsp3) is 0.211. The first kappa shape index (κ1) is 15.9. The number of sulfonamides is 1. The highest BCUT2D eigenvalue weighted by molar-refractivity contribution is 7.92. The molecule has 3 aromatic rings. The van der Waals surface area contributed by atoms with Crippen LogP contribution in [0.25, 0.3) is 10.9 Å². The molecular weight excluding hydrogens is 336 g/mol. The third-order valence-corrected chi connectivity index (χ3v) is 6.01. The number of anilines is 1. The molecule has 1 aromatic heterocycles. The molecule has 0 aliphatic heterocycles. The summed E-state index contributed by atoms with van der Waals surface area (Å²) < 4.78 is 28.4. The van der Waals surface area contributed by atoms with Gasteiger partial charge in [0.05, 0.1) is 10.6 Å². The molecule has 25 heavy (non-hydrogen) atoms. The molecule has 6 heteroatoms. The summed E-state index contributed by atoms with van der Waals surface area (Å²) in [5.74, 6) is 0. The molecule has 0 amide bonds. The smallest absolute Gasteiger partial charge is 0.261 e. The van der Waals surface area contributed by atoms with Gasteiger partial charge in [0.25, 0.3) is 10.0 Å². The molecule has 1 aliphatic rings. The Kier molecular flexibility index (Phi) is 3.84. The van der Waals surface area contributed by atoms with Crippen LogP contribution in [-0.2, 0) is 22.9 Å². The normalized spacial score (nSPS) is 14.2. The van der Waals surface area contributed by atoms with E-state index in [4.69, 9.17) is 0 Å². The molecule has 0 saturated carbocycles. The van der Waals surface area contributed by atoms with Crippen LogP contribution >= 0.6 is 0 Å². The Balaban J connectivity index is 1.73. The first-order chi connectivity index (χ1) is 12.0. The van der Waals surface area contributed by atoms with Gasteiger partial charge in [-0.05, 0) is 72.5 Å². The highest BCUT2D eigenvalue weighted by Crippen LogP contribution is 2.29. The van der Waals surface area contributed by atoms with Crippen LogP contribution < -0.4 is 10.3 Å². The second kappa shape index (κ2) is 6.04. The molecule has 0 bridgehead atoms. The quantitative estimate of drug-likeness (QED) is 0.758. The van der Waals surface area contributed by atoms with Crippen molar-refractivity contribution in [2.45, 2.75) is 30.6 Å². The minimum atomic E-state index is -3.69. The average molecular weight is 354 g/mol. The van der Waals surface area contributed by atoms with Gasteiger partial charge < -0.3 is 4.98 Å². The molecule has 0 spiro atoms. The lowest BCUT2D eigenvalue weighted by atomic mass is 9.91. The Morgan fingerprint density at radius 2 is 1.80 bits per heavy atom. The zero-order valence-corrected chi connectivity index (χ0v) is 14.4. The van der Waals surface area contributed by atoms with Gasteiger partial charge in [0.2, 0.25) is 5.56 Å². The van der Waals surface area contributed by atoms with Crippen LogP contribution in [0.4, 0.5) is 5.69 Å². The predicted octanol–water partition coefficient (Wildman–Crippen LogP) is 3.21. The van der Waals surface area contributed by atoms with Crippen molar-refractivity contribution in [2.24, 2.45) is 0 Å². The summed E-state index contributed by atoms with van der Waals surface area (Å²) in [5, 5.41) is 0.678. The van der Waals surface area contributed by atoms with Crippen molar-refractivity contribution >= 4 is 26.6 Å². The SMILES string of the molecule is O=c1ccc2cc(S(=O)(=O)Nc3cccc4c3CCCC4)ccc2[nH]1. The fourth-order valence-corrected chi connectivity index (χ4v) is 4.51. The number of aryl methyl sites for hydroxylation is 1. The van der Waals surface area contributed by atoms with E-state index < -0.39 is 10.0 Å². The van der Waals surface area contributed by atoms with E-state index in [0.29, 0.717) is 16.6 Å². The molecule has 5 nitrogen and oxygen atoms in total. The minimum absolute atomic E-state index is 0.181. The summed E-state index contributed by atoms with van der Waals surface area (Å²) >= 11 is 0. The van der Waals surface area contributed by atoms with E-state index >= 15 is 0 Å². The van der Waals surface area contributed by atoms with Crippen molar-refractivity contribution in [2.75, 3.05) is 4.72 Å². The van der Waals surface area contributed by atoms with Crippen LogP contribution in [0.5, 0.6) is 0 Å². The van der Waals surface area contributed by atoms with Gasteiger partial charge in [-0.1, -0.05) is 12.1 Å². The molecule has 0 atom stereocenters. The molecule has 0 saturated heterocycles. The molecule has 0 radical (unpaired) electrons. The number of benzene rings is 2. The Morgan fingerprint density at radius 1 is 0.960 bits per heavy atom. The molecule has 1 aliphatic carbocycles. The monoisotopic (exact) mass is 354 g/mol. The average Bonchev–Trinajstić information content (AvgIpc) is 2.61. The van der Waals surface area contributed by atoms with Gasteiger partial charge in [-0.2, -0.15) is 0 Å². The van der Waals surface area contributed by atoms with Crippen molar-refractivity contribution in [3.05, 3.63) is 70.0 Å². The molecule has 2 N–H and O–H groups in total. The molecular formula is C19H18N2O3S. The Hall–Kier alpha value is -2.60. The lowest BCUT2D eigenvalue weighted by molar-refractivity contribution is 0.601. The number of H-pyrrole nitrogens is 1. The van der Waals surface area contributed by atoms with Crippen LogP contribution in [0.3, 0.4) is 0 Å². The van der Waals surface area contributed by atoms with Crippen molar-refractivity contribution in [1.29, 1.82) is 0 Å². The van der Waals surface area contributed by atoms with Gasteiger partial charge in [0.15, 0.2) is 0 Å². The van der Waals surface area contributed by atoms with Gasteiger partial charge in [0, 0.05) is 11.6 Å². The number of rotatable bonds is 3. The molecule has 2 aromatic carbocycles. The van der Waals surface area contributed by atoms with Gasteiger partial charge in [-0.15, -0.1) is 0 Å². The predicted molar refractivity (Wildman–Crippen MR) is 98.5 cm³/mol. The summed E-state index contributed by atoms with van der Waals surface area (Å²) in [6.07, 6.45) is 4.11. The summed E-state index contributed by atoms with van der Waals surface area (Å²) in [6.45, 7) is 0. The second-order valence-corrected chi connectivity index (χ2v) is 8.01. The third kappa shape index (κ3) is 3.05. The maximum absolute atomic E-state index is 12.8. The van der Waals surface area contributed by atoms with Gasteiger partial charge in [-0.3, -0.25) is 9.52 Å². The van der Waals surface area contributed by atoms with Crippen molar-refractivity contribution < 1.29 is 8.42 Å². The Morgan fingerprint density at radius 3 is 2.68 bits per heavy atom. The van der Waals surface area contributed by atoms with E-state index in [9.17, 15) is 13.2 Å². The van der Waals surface area contributed by atoms with Crippen molar-refractivity contribution in [3.63, 3.8) is 0 Å². The highest BCUT2D eigenvalue weighted by Gasteiger charge is 2.19. The van der Waals surface area contributed by atoms with E-state index in [1.54, 1.807) is 18.2 Å². The first-order valence-electron chi connectivity index (χ1n) is 8.30. The lowest BCUT2D eigenvalue weighted by Gasteiger charge is -2.20. The van der Waals surface area contributed by atoms with E-state index in [-0.39, 0.29) is 10.5 Å². The zero-order chi connectivity index (χ0) is 17.4. The van der Waals surface area contributed by atoms with Gasteiger partial charge in [-0.25, -0.2) is 8.42 Å². The first-order valence-corrected chi connectivity index (χ1v) is 9.78. The largest absolute Gasteiger partial charge is 0.322 e. The van der Waals surface area contributed by atoms with Gasteiger partial charge in [0.1, 0.15) is 0 Å². The van der Waals surface area contributed by atoms with E-state index in [2.05, 4.69) is 15.8 Å². The Bertz CT molecular complexity index is 1120. The zero-order valence-electron chi connectivity index (χ0n) is 13.6. The van der Waals surface area contributed by atoms with E-state index in [1.807, 2.05) is 12.1 Å². The van der Waals surface area contributed by atoms with Crippen molar-refractivity contribution in [1.82, 2.24) is 4.98 Å². The second-order valence-electron chi connectivity index (χ2n) is 6.33. The van der Waals surface area contributed by atoms with Crippen LogP contribution in [0.2, 0.25) is 0 Å². The topological polar surface area (TPSA) is 79.0 Å². The third-order valence-electron chi connectivity index (χ3n) is 4.65. The summed E-state index contributed by atoms with van der Waals surface area (Å²) in [5.41, 5.74) is 3.39. The molecule has 0 unspecified atom stereocenters. The van der Waals surface area contributed by atoms with Crippen LogP contribution in [0, 0.1) is 0 Å². The lowest BCUT2D eigenvalue weighted by Crippen LogP contribution is -2.16. The summed E-state index contributed by atoms with van der Waals surface area (Å²) in [6, 6.07) is 13.5. The van der Waals surface area contributed by atoms with Crippen molar-refractivity contribution in [3.8, 4) is 0 Å². The molecule has 128 valence electrons. The summed E-state index contributed by atoms with van der Waals surface area (Å²) in [4.78, 5) is 14.2. The van der Waals surface area contributed by atoms with E-state index in [1.165, 1.54) is 17.7 Å². The van der Waals surface area contributed by atoms with Crippen LogP contribution in [0.15, 0.2) is 58.2 Å². The maximum Gasteiger partial charge on any atom is 0.261 e. The number of aromatic amines is 1. The maximum atomic E-state index is 12.8. The number of fused-ring (bicyclic) bond motifs is 2. The van der Waals surface area contributed by atoms with Gasteiger partial charge >= 0.3 is 0 Å². The number of hydrogen-bond acceptors (Lipinski definition) is 3. The molecule has 1 heterocycles. The number of pyridine rings is 1. The fourth-order valence-electron chi connectivity index (χ4n) is 3.38. The number of aromatic nitrogens is 1. The summed E-state index contributed by atoms with van der Waals surface area (Å²) in [7, 11) is -3.69. The standard InChI is InChI=1S/C19H18N2O3S/c22-19-11-8-14-12-15(9-10-17(14)20-19)25(23,24)21-18-7-3-5-13-4-1-2-6-16(13)18/h3,5,7-12,21H,1-2,4,6H2,(H,20,22). The highest BCUT2D eigenvalue weighted by atomic mass is 32.2. The number of nitrogens with one attached hydrogen (secondary N) is 2. The van der Waals surface area contributed by atoms with Crippen LogP contribution in [-0.4, -0.2) is 13.4 Å². The molecule has 0 fully saturated rings. The molecule has 4 rings (SSSR count). The number of hydrogen-bond donors (Lipinski definition) is 2. The Labute approximate surface area is 145 Å². The minimum Gasteiger partial charge on any atom is -0.322 e.